The van der Waals surface area contributed by atoms with Gasteiger partial charge in [0.05, 0.1) is 10.9 Å². The fourth-order valence-electron chi connectivity index (χ4n) is 1.93. The quantitative estimate of drug-likeness (QED) is 0.857. The average Bonchev–Trinajstić information content (AvgIpc) is 2.31. The van der Waals surface area contributed by atoms with Crippen LogP contribution in [0.3, 0.4) is 0 Å². The number of hydrogen-bond acceptors (Lipinski definition) is 5. The van der Waals surface area contributed by atoms with Gasteiger partial charge in [0.25, 0.3) is 0 Å². The summed E-state index contributed by atoms with van der Waals surface area (Å²) in [6.45, 7) is 11.1. The zero-order valence-corrected chi connectivity index (χ0v) is 13.9. The Kier molecular flexibility index (Phi) is 4.35. The molecule has 0 bridgehead atoms. The number of nitrogens with zero attached hydrogens (tertiary/aromatic N) is 2. The Morgan fingerprint density at radius 1 is 1.21 bits per heavy atom. The first-order valence-electron chi connectivity index (χ1n) is 6.69. The highest BCUT2D eigenvalue weighted by atomic mass is 32.2. The number of nitrogen functional groups attached to an aromatic ring is 1. The third kappa shape index (κ3) is 3.57. The summed E-state index contributed by atoms with van der Waals surface area (Å²) in [5.74, 6) is 2.57. The summed E-state index contributed by atoms with van der Waals surface area (Å²) in [6.07, 6.45) is 0. The predicted molar refractivity (Wildman–Crippen MR) is 86.9 cm³/mol. The molecule has 2 heterocycles. The molecule has 2 rings (SSSR count). The van der Waals surface area contributed by atoms with Crippen molar-refractivity contribution in [2.75, 3.05) is 11.5 Å². The van der Waals surface area contributed by atoms with E-state index in [-0.39, 0.29) is 5.41 Å². The van der Waals surface area contributed by atoms with Crippen molar-refractivity contribution in [3.05, 3.63) is 17.6 Å². The van der Waals surface area contributed by atoms with Crippen LogP contribution in [0.5, 0.6) is 0 Å². The molecule has 0 radical (unpaired) electrons. The summed E-state index contributed by atoms with van der Waals surface area (Å²) in [5, 5.41) is 1.69. The zero-order chi connectivity index (χ0) is 14.2. The first-order valence-corrected chi connectivity index (χ1v) is 8.68. The van der Waals surface area contributed by atoms with Gasteiger partial charge in [-0.05, 0) is 0 Å². The van der Waals surface area contributed by atoms with Crippen LogP contribution in [0.25, 0.3) is 0 Å². The van der Waals surface area contributed by atoms with E-state index in [1.807, 2.05) is 29.6 Å². The molecule has 5 heteroatoms. The van der Waals surface area contributed by atoms with Crippen LogP contribution in [0.1, 0.15) is 51.4 Å². The SMILES string of the molecule is CC1SCC(c2nc(N)cc(C(C)(C)C)n2)SC1C. The van der Waals surface area contributed by atoms with Crippen molar-refractivity contribution in [3.8, 4) is 0 Å². The van der Waals surface area contributed by atoms with Crippen molar-refractivity contribution in [1.29, 1.82) is 0 Å². The van der Waals surface area contributed by atoms with Crippen LogP contribution in [0.2, 0.25) is 0 Å². The smallest absolute Gasteiger partial charge is 0.144 e. The van der Waals surface area contributed by atoms with Gasteiger partial charge in [-0.3, -0.25) is 0 Å². The lowest BCUT2D eigenvalue weighted by molar-refractivity contribution is 0.562. The maximum atomic E-state index is 5.96. The monoisotopic (exact) mass is 297 g/mol. The molecular weight excluding hydrogens is 274 g/mol. The molecule has 1 aromatic heterocycles. The maximum Gasteiger partial charge on any atom is 0.144 e. The van der Waals surface area contributed by atoms with Gasteiger partial charge in [-0.1, -0.05) is 34.6 Å². The summed E-state index contributed by atoms with van der Waals surface area (Å²) in [5.41, 5.74) is 7.00. The van der Waals surface area contributed by atoms with E-state index in [9.17, 15) is 0 Å². The van der Waals surface area contributed by atoms with Crippen LogP contribution < -0.4 is 5.73 Å². The molecule has 3 unspecified atom stereocenters. The normalized spacial score (nSPS) is 28.4. The van der Waals surface area contributed by atoms with Gasteiger partial charge in [-0.15, -0.1) is 11.8 Å². The molecule has 1 aliphatic rings. The lowest BCUT2D eigenvalue weighted by atomic mass is 9.92. The molecule has 3 nitrogen and oxygen atoms in total. The van der Waals surface area contributed by atoms with E-state index >= 15 is 0 Å². The Balaban J connectivity index is 2.28. The number of rotatable bonds is 1. The minimum absolute atomic E-state index is 0.0111. The van der Waals surface area contributed by atoms with E-state index in [2.05, 4.69) is 39.6 Å². The van der Waals surface area contributed by atoms with Crippen LogP contribution in [-0.2, 0) is 5.41 Å². The van der Waals surface area contributed by atoms with Gasteiger partial charge in [-0.2, -0.15) is 11.8 Å². The molecule has 106 valence electrons. The topological polar surface area (TPSA) is 51.8 Å². The number of thioether (sulfide) groups is 2. The predicted octanol–water partition coefficient (Wildman–Crippen LogP) is 3.65. The number of hydrogen-bond donors (Lipinski definition) is 1. The van der Waals surface area contributed by atoms with Crippen molar-refractivity contribution in [2.45, 2.75) is 55.8 Å². The van der Waals surface area contributed by atoms with Crippen molar-refractivity contribution in [2.24, 2.45) is 0 Å². The molecule has 1 aliphatic heterocycles. The fourth-order valence-corrected chi connectivity index (χ4v) is 4.78. The van der Waals surface area contributed by atoms with Crippen LogP contribution in [0.4, 0.5) is 5.82 Å². The van der Waals surface area contributed by atoms with Crippen molar-refractivity contribution < 1.29 is 0 Å². The molecule has 0 saturated carbocycles. The molecule has 2 N–H and O–H groups in total. The zero-order valence-electron chi connectivity index (χ0n) is 12.3. The van der Waals surface area contributed by atoms with Gasteiger partial charge in [0, 0.05) is 27.7 Å². The molecule has 1 saturated heterocycles. The second-order valence-corrected chi connectivity index (χ2v) is 9.15. The third-order valence-electron chi connectivity index (χ3n) is 3.37. The maximum absolute atomic E-state index is 5.96. The second kappa shape index (κ2) is 5.52. The highest BCUT2D eigenvalue weighted by molar-refractivity contribution is 8.07. The Bertz CT molecular complexity index is 456. The highest BCUT2D eigenvalue weighted by Gasteiger charge is 2.29. The van der Waals surface area contributed by atoms with Crippen LogP contribution in [0.15, 0.2) is 6.07 Å². The fraction of sp³-hybridized carbons (Fsp3) is 0.714. The highest BCUT2D eigenvalue weighted by Crippen LogP contribution is 2.43. The van der Waals surface area contributed by atoms with E-state index < -0.39 is 0 Å². The summed E-state index contributed by atoms with van der Waals surface area (Å²) in [7, 11) is 0. The minimum Gasteiger partial charge on any atom is -0.384 e. The largest absolute Gasteiger partial charge is 0.384 e. The van der Waals surface area contributed by atoms with Crippen LogP contribution in [-0.4, -0.2) is 26.2 Å². The van der Waals surface area contributed by atoms with Crippen LogP contribution >= 0.6 is 23.5 Å². The number of anilines is 1. The minimum atomic E-state index is 0.0111. The molecule has 0 aromatic carbocycles. The standard InChI is InChI=1S/C14H23N3S2/c1-8-9(2)19-10(7-18-8)13-16-11(14(3,4)5)6-12(15)17-13/h6,8-10H,7H2,1-5H3,(H2,15,16,17). The molecule has 0 aliphatic carbocycles. The van der Waals surface area contributed by atoms with Gasteiger partial charge in [-0.25, -0.2) is 9.97 Å². The first kappa shape index (κ1) is 15.0. The molecule has 0 amide bonds. The summed E-state index contributed by atoms with van der Waals surface area (Å²) in [6, 6.07) is 1.90. The number of aromatic nitrogens is 2. The van der Waals surface area contributed by atoms with Crippen LogP contribution in [0, 0.1) is 0 Å². The third-order valence-corrected chi connectivity index (χ3v) is 6.76. The summed E-state index contributed by atoms with van der Waals surface area (Å²) < 4.78 is 0. The Morgan fingerprint density at radius 3 is 2.47 bits per heavy atom. The molecule has 1 fully saturated rings. The Hall–Kier alpha value is -0.420. The van der Waals surface area contributed by atoms with Crippen molar-refractivity contribution >= 4 is 29.3 Å². The van der Waals surface area contributed by atoms with Gasteiger partial charge in [0.1, 0.15) is 11.6 Å². The Morgan fingerprint density at radius 2 is 1.89 bits per heavy atom. The molecule has 1 aromatic rings. The lowest BCUT2D eigenvalue weighted by Gasteiger charge is -2.31. The van der Waals surface area contributed by atoms with Gasteiger partial charge in [0.15, 0.2) is 0 Å². The van der Waals surface area contributed by atoms with E-state index in [0.717, 1.165) is 17.3 Å². The van der Waals surface area contributed by atoms with E-state index in [1.54, 1.807) is 0 Å². The van der Waals surface area contributed by atoms with Gasteiger partial charge >= 0.3 is 0 Å². The Labute approximate surface area is 124 Å². The van der Waals surface area contributed by atoms with Gasteiger partial charge < -0.3 is 5.73 Å². The second-order valence-electron chi connectivity index (χ2n) is 6.15. The average molecular weight is 297 g/mol. The van der Waals surface area contributed by atoms with Crippen molar-refractivity contribution in [1.82, 2.24) is 9.97 Å². The van der Waals surface area contributed by atoms with E-state index in [4.69, 9.17) is 10.7 Å². The molecule has 0 spiro atoms. The van der Waals surface area contributed by atoms with Gasteiger partial charge in [0.2, 0.25) is 0 Å². The molecular formula is C14H23N3S2. The molecule has 19 heavy (non-hydrogen) atoms. The van der Waals surface area contributed by atoms with E-state index in [1.165, 1.54) is 0 Å². The number of nitrogens with two attached hydrogens (primary N) is 1. The van der Waals surface area contributed by atoms with E-state index in [0.29, 0.717) is 21.6 Å². The molecule has 3 atom stereocenters. The summed E-state index contributed by atoms with van der Waals surface area (Å²) in [4.78, 5) is 9.23. The summed E-state index contributed by atoms with van der Waals surface area (Å²) >= 11 is 3.98. The van der Waals surface area contributed by atoms with Crippen molar-refractivity contribution in [3.63, 3.8) is 0 Å². The lowest BCUT2D eigenvalue weighted by Crippen LogP contribution is -2.24. The first-order chi connectivity index (χ1) is 8.77.